The van der Waals surface area contributed by atoms with Crippen LogP contribution in [-0.4, -0.2) is 48.7 Å². The molecule has 0 bridgehead atoms. The molecule has 1 saturated heterocycles. The summed E-state index contributed by atoms with van der Waals surface area (Å²) in [5.74, 6) is 0.0678. The minimum absolute atomic E-state index is 0.0953. The normalized spacial score (nSPS) is 16.2. The Morgan fingerprint density at radius 1 is 1.29 bits per heavy atom. The lowest BCUT2D eigenvalue weighted by molar-refractivity contribution is -0.0771. The molecule has 184 valence electrons. The number of carbonyl (C=O) groups is 1. The van der Waals surface area contributed by atoms with Gasteiger partial charge in [0.1, 0.15) is 0 Å². The summed E-state index contributed by atoms with van der Waals surface area (Å²) >= 11 is 3.00. The van der Waals surface area contributed by atoms with Crippen molar-refractivity contribution < 1.29 is 9.63 Å². The van der Waals surface area contributed by atoms with E-state index < -0.39 is 0 Å². The molecule has 1 amide bonds. The molecule has 0 aliphatic carbocycles. The Labute approximate surface area is 210 Å². The Morgan fingerprint density at radius 2 is 2.06 bits per heavy atom. The van der Waals surface area contributed by atoms with Crippen LogP contribution >= 0.6 is 22.7 Å². The summed E-state index contributed by atoms with van der Waals surface area (Å²) in [5.41, 5.74) is 3.82. The minimum Gasteiger partial charge on any atom is -0.270 e. The molecular formula is C24H28N6O3S2. The molecule has 5 rings (SSSR count). The summed E-state index contributed by atoms with van der Waals surface area (Å²) in [6.45, 7) is 11.1. The van der Waals surface area contributed by atoms with Crippen LogP contribution in [0, 0.1) is 19.8 Å². The van der Waals surface area contributed by atoms with Gasteiger partial charge in [-0.1, -0.05) is 20.8 Å². The highest BCUT2D eigenvalue weighted by atomic mass is 32.1. The van der Waals surface area contributed by atoms with E-state index in [0.29, 0.717) is 30.5 Å². The number of carbonyl (C=O) groups excluding carboxylic acids is 1. The molecular weight excluding hydrogens is 484 g/mol. The van der Waals surface area contributed by atoms with Crippen LogP contribution in [0.4, 0.5) is 0 Å². The Hall–Kier alpha value is -2.89. The number of amides is 1. The first-order valence-electron chi connectivity index (χ1n) is 11.6. The highest BCUT2D eigenvalue weighted by Crippen LogP contribution is 2.37. The number of fused-ring (bicyclic) bond motifs is 1. The smallest absolute Gasteiger partial charge is 0.270 e. The highest BCUT2D eigenvalue weighted by molar-refractivity contribution is 7.19. The summed E-state index contributed by atoms with van der Waals surface area (Å²) < 4.78 is 3.96. The van der Waals surface area contributed by atoms with Gasteiger partial charge >= 0.3 is 0 Å². The van der Waals surface area contributed by atoms with Gasteiger partial charge in [0.15, 0.2) is 0 Å². The van der Waals surface area contributed by atoms with Crippen LogP contribution in [0.15, 0.2) is 16.4 Å². The zero-order valence-electron chi connectivity index (χ0n) is 20.7. The van der Waals surface area contributed by atoms with Crippen molar-refractivity contribution >= 4 is 38.7 Å². The maximum Gasteiger partial charge on any atom is 0.279 e. The summed E-state index contributed by atoms with van der Waals surface area (Å²) in [5, 5.41) is 13.8. The van der Waals surface area contributed by atoms with Gasteiger partial charge in [-0.3, -0.25) is 14.4 Å². The van der Waals surface area contributed by atoms with E-state index in [1.165, 1.54) is 32.4 Å². The zero-order chi connectivity index (χ0) is 25.0. The van der Waals surface area contributed by atoms with E-state index in [2.05, 4.69) is 10.1 Å². The molecule has 1 atom stereocenters. The largest absolute Gasteiger partial charge is 0.279 e. The van der Waals surface area contributed by atoms with Gasteiger partial charge in [-0.05, 0) is 19.8 Å². The molecule has 0 saturated carbocycles. The molecule has 5 heterocycles. The number of hydroxylamine groups is 2. The van der Waals surface area contributed by atoms with Crippen LogP contribution in [0.5, 0.6) is 0 Å². The SMILES string of the molecule is Cc1nn(-c2nccs2)c(C)c1Cc1sc2c(C(C)C)nn(C)c(=O)c2c1C(=O)N1CC(C)CO1. The lowest BCUT2D eigenvalue weighted by atomic mass is 10.0. The van der Waals surface area contributed by atoms with Crippen LogP contribution in [0.3, 0.4) is 0 Å². The minimum atomic E-state index is -0.269. The van der Waals surface area contributed by atoms with Gasteiger partial charge in [0.05, 0.1) is 40.2 Å². The molecule has 1 aliphatic rings. The van der Waals surface area contributed by atoms with Gasteiger partial charge in [0.25, 0.3) is 11.5 Å². The topological polar surface area (TPSA) is 95.1 Å². The van der Waals surface area contributed by atoms with Crippen LogP contribution in [0.2, 0.25) is 0 Å². The van der Waals surface area contributed by atoms with Crippen molar-refractivity contribution in [3.63, 3.8) is 0 Å². The Kier molecular flexibility index (Phi) is 6.10. The molecule has 0 aromatic carbocycles. The summed E-state index contributed by atoms with van der Waals surface area (Å²) in [6.07, 6.45) is 2.24. The van der Waals surface area contributed by atoms with E-state index in [1.807, 2.05) is 44.7 Å². The van der Waals surface area contributed by atoms with Crippen molar-refractivity contribution in [1.29, 1.82) is 0 Å². The lowest BCUT2D eigenvalue weighted by Crippen LogP contribution is -2.30. The van der Waals surface area contributed by atoms with E-state index in [4.69, 9.17) is 9.94 Å². The van der Waals surface area contributed by atoms with Gasteiger partial charge in [0, 0.05) is 47.1 Å². The van der Waals surface area contributed by atoms with Crippen LogP contribution < -0.4 is 5.56 Å². The average molecular weight is 513 g/mol. The molecule has 0 N–H and O–H groups in total. The molecule has 1 unspecified atom stereocenters. The fourth-order valence-corrected chi connectivity index (χ4v) is 6.54. The number of rotatable bonds is 5. The van der Waals surface area contributed by atoms with E-state index in [-0.39, 0.29) is 23.3 Å². The number of thiophene rings is 1. The van der Waals surface area contributed by atoms with Gasteiger partial charge in [-0.25, -0.2) is 19.4 Å². The molecule has 1 fully saturated rings. The predicted octanol–water partition coefficient (Wildman–Crippen LogP) is 3.99. The third-order valence-corrected chi connectivity index (χ3v) is 8.30. The maximum absolute atomic E-state index is 13.8. The Balaban J connectivity index is 1.71. The van der Waals surface area contributed by atoms with Crippen molar-refractivity contribution in [2.75, 3.05) is 13.2 Å². The average Bonchev–Trinajstić information content (AvgIpc) is 3.60. The van der Waals surface area contributed by atoms with Crippen molar-refractivity contribution in [2.24, 2.45) is 13.0 Å². The van der Waals surface area contributed by atoms with Gasteiger partial charge in [-0.15, -0.1) is 22.7 Å². The van der Waals surface area contributed by atoms with Gasteiger partial charge in [0.2, 0.25) is 5.13 Å². The molecule has 0 radical (unpaired) electrons. The zero-order valence-corrected chi connectivity index (χ0v) is 22.3. The fraction of sp³-hybridized carbons (Fsp3) is 0.458. The fourth-order valence-electron chi connectivity index (χ4n) is 4.48. The van der Waals surface area contributed by atoms with E-state index >= 15 is 0 Å². The number of aryl methyl sites for hydroxylation is 2. The second-order valence-corrected chi connectivity index (χ2v) is 11.4. The molecule has 11 heteroatoms. The van der Waals surface area contributed by atoms with Crippen molar-refractivity contribution in [1.82, 2.24) is 29.6 Å². The van der Waals surface area contributed by atoms with Crippen molar-refractivity contribution in [2.45, 2.75) is 47.0 Å². The third-order valence-electron chi connectivity index (χ3n) is 6.34. The molecule has 4 aromatic heterocycles. The quantitative estimate of drug-likeness (QED) is 0.401. The van der Waals surface area contributed by atoms with Crippen molar-refractivity contribution in [3.05, 3.63) is 55.0 Å². The first-order chi connectivity index (χ1) is 16.7. The first-order valence-corrected chi connectivity index (χ1v) is 13.3. The molecule has 4 aromatic rings. The lowest BCUT2D eigenvalue weighted by Gasteiger charge is -2.15. The summed E-state index contributed by atoms with van der Waals surface area (Å²) in [7, 11) is 1.64. The molecule has 35 heavy (non-hydrogen) atoms. The van der Waals surface area contributed by atoms with E-state index in [9.17, 15) is 9.59 Å². The number of hydrogen-bond acceptors (Lipinski definition) is 8. The number of nitrogens with zero attached hydrogens (tertiary/aromatic N) is 6. The monoisotopic (exact) mass is 512 g/mol. The van der Waals surface area contributed by atoms with E-state index in [0.717, 1.165) is 37.4 Å². The first kappa shape index (κ1) is 23.8. The highest BCUT2D eigenvalue weighted by Gasteiger charge is 2.33. The van der Waals surface area contributed by atoms with Gasteiger partial charge in [-0.2, -0.15) is 10.2 Å². The number of hydrogen-bond donors (Lipinski definition) is 0. The predicted molar refractivity (Wildman–Crippen MR) is 137 cm³/mol. The maximum atomic E-state index is 13.8. The number of aromatic nitrogens is 5. The Bertz CT molecular complexity index is 1480. The van der Waals surface area contributed by atoms with Crippen LogP contribution in [0.1, 0.15) is 64.6 Å². The standard InChI is InChI=1S/C24H28N6O3S2/c1-12(2)20-21-19(22(31)28(6)27-20)18(23(32)29-10-13(3)11-33-29)17(35-21)9-16-14(4)26-30(15(16)5)24-25-7-8-34-24/h7-8,12-13H,9-11H2,1-6H3. The van der Waals surface area contributed by atoms with Crippen LogP contribution in [0.25, 0.3) is 15.2 Å². The Morgan fingerprint density at radius 3 is 2.69 bits per heavy atom. The van der Waals surface area contributed by atoms with Crippen molar-refractivity contribution in [3.8, 4) is 5.13 Å². The third kappa shape index (κ3) is 4.01. The molecule has 1 aliphatic heterocycles. The second-order valence-electron chi connectivity index (χ2n) is 9.39. The van der Waals surface area contributed by atoms with Crippen LogP contribution in [-0.2, 0) is 18.3 Å². The van der Waals surface area contributed by atoms with Gasteiger partial charge < -0.3 is 0 Å². The summed E-state index contributed by atoms with van der Waals surface area (Å²) in [6, 6.07) is 0. The number of thiazole rings is 1. The summed E-state index contributed by atoms with van der Waals surface area (Å²) in [4.78, 5) is 38.0. The second kappa shape index (κ2) is 8.96. The molecule has 9 nitrogen and oxygen atoms in total. The molecule has 0 spiro atoms. The van der Waals surface area contributed by atoms with E-state index in [1.54, 1.807) is 13.2 Å².